The summed E-state index contributed by atoms with van der Waals surface area (Å²) in [6.45, 7) is 1.81. The maximum absolute atomic E-state index is 12.3. The number of anilines is 1. The molecule has 2 aromatic heterocycles. The number of nitriles is 1. The summed E-state index contributed by atoms with van der Waals surface area (Å²) in [5.41, 5.74) is 7.42. The second-order valence-electron chi connectivity index (χ2n) is 6.11. The number of carbonyl (C=O) groups is 2. The molecule has 0 radical (unpaired) electrons. The van der Waals surface area contributed by atoms with Gasteiger partial charge in [-0.25, -0.2) is 9.59 Å². The summed E-state index contributed by atoms with van der Waals surface area (Å²) in [6, 6.07) is 10.0. The molecule has 0 aliphatic heterocycles. The van der Waals surface area contributed by atoms with Gasteiger partial charge in [-0.2, -0.15) is 5.26 Å². The van der Waals surface area contributed by atoms with Crippen LogP contribution < -0.4 is 10.5 Å². The van der Waals surface area contributed by atoms with E-state index in [-0.39, 0.29) is 29.3 Å². The molecule has 3 N–H and O–H groups in total. The number of nitrogen functional groups attached to an aromatic ring is 1. The molecule has 0 unspecified atom stereocenters. The number of furan rings is 1. The van der Waals surface area contributed by atoms with E-state index in [0.717, 1.165) is 5.56 Å². The van der Waals surface area contributed by atoms with E-state index in [4.69, 9.17) is 24.7 Å². The number of carbonyl (C=O) groups excluding carboxylic acids is 1. The van der Waals surface area contributed by atoms with Gasteiger partial charge in [-0.15, -0.1) is 0 Å². The van der Waals surface area contributed by atoms with Crippen molar-refractivity contribution in [2.75, 3.05) is 12.8 Å². The van der Waals surface area contributed by atoms with Crippen LogP contribution in [0, 0.1) is 18.3 Å². The molecule has 1 aromatic carbocycles. The number of hydrogen-bond acceptors (Lipinski definition) is 7. The third kappa shape index (κ3) is 3.77. The number of hydrogen-bond donors (Lipinski definition) is 2. The minimum absolute atomic E-state index is 0.00365. The lowest BCUT2D eigenvalue weighted by atomic mass is 10.2. The van der Waals surface area contributed by atoms with Crippen molar-refractivity contribution in [1.29, 1.82) is 5.26 Å². The molecule has 3 rings (SSSR count). The Hall–Kier alpha value is -4.19. The quantitative estimate of drug-likeness (QED) is 0.607. The summed E-state index contributed by atoms with van der Waals surface area (Å²) in [5, 5.41) is 18.2. The number of ether oxygens (including phenoxy) is 2. The number of nitrogens with two attached hydrogens (primary N) is 1. The molecule has 0 aliphatic rings. The van der Waals surface area contributed by atoms with Gasteiger partial charge in [0.25, 0.3) is 0 Å². The molecule has 0 bridgehead atoms. The molecule has 3 aromatic rings. The number of nitrogens with zero attached hydrogens (tertiary/aromatic N) is 2. The zero-order chi connectivity index (χ0) is 21.1. The molecule has 0 spiro atoms. The van der Waals surface area contributed by atoms with Crippen LogP contribution in [0.1, 0.15) is 37.9 Å². The van der Waals surface area contributed by atoms with E-state index in [1.165, 1.54) is 30.0 Å². The Labute approximate surface area is 165 Å². The molecule has 0 amide bonds. The summed E-state index contributed by atoms with van der Waals surface area (Å²) in [6.07, 6.45) is 1.43. The van der Waals surface area contributed by atoms with Crippen molar-refractivity contribution in [2.24, 2.45) is 0 Å². The largest absolute Gasteiger partial charge is 0.483 e. The van der Waals surface area contributed by atoms with Gasteiger partial charge in [0.1, 0.15) is 24.2 Å². The number of rotatable bonds is 6. The monoisotopic (exact) mass is 395 g/mol. The van der Waals surface area contributed by atoms with Gasteiger partial charge >= 0.3 is 11.9 Å². The lowest BCUT2D eigenvalue weighted by Gasteiger charge is -2.15. The Balaban J connectivity index is 2.02. The van der Waals surface area contributed by atoms with Gasteiger partial charge in [0.15, 0.2) is 5.69 Å². The van der Waals surface area contributed by atoms with Crippen LogP contribution in [0.15, 0.2) is 40.9 Å². The molecule has 0 atom stereocenters. The first kappa shape index (κ1) is 19.6. The normalized spacial score (nSPS) is 10.4. The van der Waals surface area contributed by atoms with Crippen LogP contribution in [0.25, 0.3) is 5.69 Å². The average Bonchev–Trinajstić information content (AvgIpc) is 3.31. The first-order valence-electron chi connectivity index (χ1n) is 8.40. The highest BCUT2D eigenvalue weighted by molar-refractivity contribution is 5.96. The van der Waals surface area contributed by atoms with Crippen molar-refractivity contribution in [1.82, 2.24) is 4.57 Å². The summed E-state index contributed by atoms with van der Waals surface area (Å²) < 4.78 is 17.2. The molecule has 0 saturated carbocycles. The van der Waals surface area contributed by atoms with Crippen molar-refractivity contribution in [3.63, 3.8) is 0 Å². The number of esters is 1. The molecule has 2 heterocycles. The van der Waals surface area contributed by atoms with Crippen LogP contribution in [0.3, 0.4) is 0 Å². The smallest absolute Gasteiger partial charge is 0.371 e. The van der Waals surface area contributed by atoms with Gasteiger partial charge in [-0.05, 0) is 36.8 Å². The van der Waals surface area contributed by atoms with E-state index >= 15 is 0 Å². The number of carboxylic acids is 1. The molecule has 9 heteroatoms. The lowest BCUT2D eigenvalue weighted by molar-refractivity contribution is 0.0591. The Morgan fingerprint density at radius 3 is 2.69 bits per heavy atom. The van der Waals surface area contributed by atoms with Gasteiger partial charge < -0.3 is 29.3 Å². The molecule has 29 heavy (non-hydrogen) atoms. The number of aromatic carboxylic acids is 1. The first-order chi connectivity index (χ1) is 13.8. The van der Waals surface area contributed by atoms with Gasteiger partial charge in [0.05, 0.1) is 24.0 Å². The maximum atomic E-state index is 12.3. The Morgan fingerprint density at radius 1 is 1.31 bits per heavy atom. The molecule has 0 saturated heterocycles. The van der Waals surface area contributed by atoms with E-state index in [9.17, 15) is 14.9 Å². The van der Waals surface area contributed by atoms with Crippen molar-refractivity contribution >= 4 is 17.6 Å². The fourth-order valence-corrected chi connectivity index (χ4v) is 2.76. The van der Waals surface area contributed by atoms with Crippen molar-refractivity contribution in [3.8, 4) is 17.5 Å². The molecular formula is C20H17N3O6. The Kier molecular flexibility index (Phi) is 5.27. The second kappa shape index (κ2) is 7.82. The van der Waals surface area contributed by atoms with Crippen LogP contribution in [-0.4, -0.2) is 28.7 Å². The predicted octanol–water partition coefficient (Wildman–Crippen LogP) is 2.90. The number of carboxylic acid groups (broad SMARTS) is 1. The van der Waals surface area contributed by atoms with Crippen LogP contribution in [0.4, 0.5) is 5.69 Å². The molecule has 148 valence electrons. The number of benzene rings is 1. The van der Waals surface area contributed by atoms with Gasteiger partial charge in [0, 0.05) is 6.20 Å². The van der Waals surface area contributed by atoms with E-state index in [1.54, 1.807) is 18.2 Å². The zero-order valence-corrected chi connectivity index (χ0v) is 15.6. The summed E-state index contributed by atoms with van der Waals surface area (Å²) in [7, 11) is 1.22. The third-order valence-corrected chi connectivity index (χ3v) is 4.16. The molecular weight excluding hydrogens is 378 g/mol. The SMILES string of the molecule is COC(=O)c1c(N)c(C#N)cn1-c1cc(C)ccc1OCc1ccc(C(=O)O)o1. The highest BCUT2D eigenvalue weighted by Gasteiger charge is 2.23. The number of aromatic nitrogens is 1. The predicted molar refractivity (Wildman–Crippen MR) is 101 cm³/mol. The van der Waals surface area contributed by atoms with Crippen molar-refractivity contribution < 1.29 is 28.6 Å². The Morgan fingerprint density at radius 2 is 2.07 bits per heavy atom. The first-order valence-corrected chi connectivity index (χ1v) is 8.40. The van der Waals surface area contributed by atoms with Gasteiger partial charge in [0.2, 0.25) is 5.76 Å². The Bertz CT molecular complexity index is 1140. The fraction of sp³-hybridized carbons (Fsp3) is 0.150. The maximum Gasteiger partial charge on any atom is 0.371 e. The summed E-state index contributed by atoms with van der Waals surface area (Å²) in [5.74, 6) is -1.40. The van der Waals surface area contributed by atoms with Crippen molar-refractivity contribution in [2.45, 2.75) is 13.5 Å². The fourth-order valence-electron chi connectivity index (χ4n) is 2.76. The minimum Gasteiger partial charge on any atom is -0.483 e. The number of methoxy groups -OCH3 is 1. The van der Waals surface area contributed by atoms with Crippen LogP contribution in [-0.2, 0) is 11.3 Å². The van der Waals surface area contributed by atoms with E-state index in [0.29, 0.717) is 17.2 Å². The summed E-state index contributed by atoms with van der Waals surface area (Å²) >= 11 is 0. The van der Waals surface area contributed by atoms with Crippen LogP contribution >= 0.6 is 0 Å². The van der Waals surface area contributed by atoms with E-state index in [2.05, 4.69) is 0 Å². The topological polar surface area (TPSA) is 141 Å². The second-order valence-corrected chi connectivity index (χ2v) is 6.11. The highest BCUT2D eigenvalue weighted by Crippen LogP contribution is 2.31. The van der Waals surface area contributed by atoms with Gasteiger partial charge in [-0.1, -0.05) is 6.07 Å². The number of aryl methyl sites for hydroxylation is 1. The zero-order valence-electron chi connectivity index (χ0n) is 15.6. The van der Waals surface area contributed by atoms with Crippen molar-refractivity contribution in [3.05, 3.63) is 64.9 Å². The van der Waals surface area contributed by atoms with E-state index < -0.39 is 11.9 Å². The lowest BCUT2D eigenvalue weighted by Crippen LogP contribution is -2.12. The van der Waals surface area contributed by atoms with Crippen LogP contribution in [0.5, 0.6) is 5.75 Å². The van der Waals surface area contributed by atoms with E-state index in [1.807, 2.05) is 13.0 Å². The average molecular weight is 395 g/mol. The molecule has 0 fully saturated rings. The standard InChI is InChI=1S/C20H17N3O6/c1-11-3-5-15(28-10-13-4-6-16(29-13)19(24)25)14(7-11)23-9-12(8-21)17(22)18(23)20(26)27-2/h3-7,9H,10,22H2,1-2H3,(H,24,25). The molecule has 0 aliphatic carbocycles. The minimum atomic E-state index is -1.18. The molecule has 9 nitrogen and oxygen atoms in total. The highest BCUT2D eigenvalue weighted by atomic mass is 16.5. The van der Waals surface area contributed by atoms with Gasteiger partial charge in [-0.3, -0.25) is 0 Å². The summed E-state index contributed by atoms with van der Waals surface area (Å²) in [4.78, 5) is 23.2. The van der Waals surface area contributed by atoms with Crippen LogP contribution in [0.2, 0.25) is 0 Å². The third-order valence-electron chi connectivity index (χ3n) is 4.16.